The molecule has 1 aliphatic heterocycles. The summed E-state index contributed by atoms with van der Waals surface area (Å²) >= 11 is 1.27. The highest BCUT2D eigenvalue weighted by Crippen LogP contribution is 2.42. The molecule has 1 aromatic carbocycles. The number of unbranched alkanes of at least 4 members (excludes halogenated alkanes) is 1. The van der Waals surface area contributed by atoms with Crippen molar-refractivity contribution >= 4 is 23.0 Å². The Labute approximate surface area is 211 Å². The van der Waals surface area contributed by atoms with Crippen LogP contribution in [0.5, 0.6) is 11.5 Å². The molecule has 0 radical (unpaired) electrons. The van der Waals surface area contributed by atoms with Crippen LogP contribution in [0.3, 0.4) is 0 Å². The van der Waals surface area contributed by atoms with Crippen LogP contribution in [0.4, 0.5) is 0 Å². The number of aliphatic hydroxyl groups excluding tert-OH is 1. The van der Waals surface area contributed by atoms with E-state index < -0.39 is 17.7 Å². The number of hydrogen-bond acceptors (Lipinski definition) is 8. The Bertz CT molecular complexity index is 1110. The smallest absolute Gasteiger partial charge is 0.290 e. The normalized spacial score (nSPS) is 15.9. The number of carbonyl (C=O) groups excluding carboxylic acids is 2. The number of carbonyl (C=O) groups is 2. The topological polar surface area (TPSA) is 92.2 Å². The van der Waals surface area contributed by atoms with Gasteiger partial charge in [-0.25, -0.2) is 4.98 Å². The van der Waals surface area contributed by atoms with E-state index in [4.69, 9.17) is 9.47 Å². The summed E-state index contributed by atoms with van der Waals surface area (Å²) in [5, 5.41) is 11.7. The highest BCUT2D eigenvalue weighted by molar-refractivity contribution is 7.14. The number of aliphatic hydroxyl groups is 1. The van der Waals surface area contributed by atoms with Gasteiger partial charge in [-0.15, -0.1) is 11.3 Å². The molecular formula is C26H35N3O5S. The molecule has 9 heteroatoms. The van der Waals surface area contributed by atoms with Crippen molar-refractivity contribution in [3.8, 4) is 11.5 Å². The third kappa shape index (κ3) is 5.85. The van der Waals surface area contributed by atoms with Gasteiger partial charge in [0, 0.05) is 13.1 Å². The summed E-state index contributed by atoms with van der Waals surface area (Å²) in [6.07, 6.45) is 1.94. The minimum Gasteiger partial charge on any atom is -0.503 e. The Balaban J connectivity index is 2.08. The molecule has 35 heavy (non-hydrogen) atoms. The van der Waals surface area contributed by atoms with Gasteiger partial charge in [0.1, 0.15) is 0 Å². The Hall–Kier alpha value is -2.91. The number of aryl methyl sites for hydroxylation is 2. The maximum Gasteiger partial charge on any atom is 0.290 e. The van der Waals surface area contributed by atoms with Gasteiger partial charge in [0.2, 0.25) is 5.78 Å². The lowest BCUT2D eigenvalue weighted by molar-refractivity contribution is -0.129. The van der Waals surface area contributed by atoms with E-state index >= 15 is 0 Å². The zero-order valence-corrected chi connectivity index (χ0v) is 22.2. The molecule has 1 aliphatic rings. The predicted octanol–water partition coefficient (Wildman–Crippen LogP) is 4.48. The van der Waals surface area contributed by atoms with Crippen molar-refractivity contribution in [3.63, 3.8) is 0 Å². The molecule has 0 fully saturated rings. The van der Waals surface area contributed by atoms with E-state index in [1.54, 1.807) is 11.8 Å². The molecule has 0 spiro atoms. The van der Waals surface area contributed by atoms with Crippen LogP contribution in [0.25, 0.3) is 0 Å². The highest BCUT2D eigenvalue weighted by atomic mass is 32.1. The SMILES string of the molecule is CCCCOc1ccc(C2C(C(=O)c3sc(C)nc3C)=C(O)C(=O)N2CCN(C)C)cc1OCC. The lowest BCUT2D eigenvalue weighted by atomic mass is 9.94. The van der Waals surface area contributed by atoms with Crippen LogP contribution in [-0.2, 0) is 4.79 Å². The van der Waals surface area contributed by atoms with Crippen LogP contribution in [-0.4, -0.2) is 72.0 Å². The van der Waals surface area contributed by atoms with Crippen LogP contribution in [0, 0.1) is 13.8 Å². The zero-order valence-electron chi connectivity index (χ0n) is 21.4. The second-order valence-corrected chi connectivity index (χ2v) is 9.99. The molecule has 0 bridgehead atoms. The van der Waals surface area contributed by atoms with Gasteiger partial charge in [-0.05, 0) is 59.0 Å². The quantitative estimate of drug-likeness (QED) is 0.339. The third-order valence-electron chi connectivity index (χ3n) is 5.78. The molecule has 1 N–H and O–H groups in total. The highest BCUT2D eigenvalue weighted by Gasteiger charge is 2.44. The molecule has 1 aromatic heterocycles. The number of hydrogen-bond donors (Lipinski definition) is 1. The summed E-state index contributed by atoms with van der Waals surface area (Å²) in [6.45, 7) is 9.51. The molecule has 1 atom stereocenters. The average molecular weight is 502 g/mol. The van der Waals surface area contributed by atoms with Gasteiger partial charge < -0.3 is 24.4 Å². The number of Topliss-reactive ketones (excluding diaryl/α,β-unsaturated/α-hetero) is 1. The standard InChI is InChI=1S/C26H35N3O5S/c1-7-9-14-34-19-11-10-18(15-20(19)33-8-2)22-21(23(30)25-16(3)27-17(4)35-25)24(31)26(32)29(22)13-12-28(5)6/h10-11,15,22,31H,7-9,12-14H2,1-6H3. The molecule has 3 rings (SSSR count). The first-order valence-electron chi connectivity index (χ1n) is 12.0. The van der Waals surface area contributed by atoms with Gasteiger partial charge in [-0.2, -0.15) is 0 Å². The van der Waals surface area contributed by atoms with E-state index in [1.165, 1.54) is 11.3 Å². The van der Waals surface area contributed by atoms with Crippen molar-refractivity contribution in [2.45, 2.75) is 46.6 Å². The summed E-state index contributed by atoms with van der Waals surface area (Å²) < 4.78 is 11.8. The number of benzene rings is 1. The van der Waals surface area contributed by atoms with E-state index in [0.29, 0.717) is 53.9 Å². The minimum atomic E-state index is -0.749. The fourth-order valence-corrected chi connectivity index (χ4v) is 4.92. The maximum atomic E-state index is 13.7. The Morgan fingerprint density at radius 2 is 1.94 bits per heavy atom. The number of aromatic nitrogens is 1. The van der Waals surface area contributed by atoms with Gasteiger partial charge in [-0.1, -0.05) is 19.4 Å². The second kappa shape index (κ2) is 11.7. The van der Waals surface area contributed by atoms with Crippen LogP contribution < -0.4 is 9.47 Å². The largest absolute Gasteiger partial charge is 0.503 e. The van der Waals surface area contributed by atoms with Crippen LogP contribution in [0.15, 0.2) is 29.5 Å². The van der Waals surface area contributed by atoms with E-state index in [2.05, 4.69) is 11.9 Å². The number of amides is 1. The second-order valence-electron chi connectivity index (χ2n) is 8.78. The molecule has 0 saturated heterocycles. The molecule has 1 amide bonds. The molecule has 2 aromatic rings. The van der Waals surface area contributed by atoms with E-state index in [1.807, 2.05) is 51.0 Å². The summed E-state index contributed by atoms with van der Waals surface area (Å²) in [5.41, 5.74) is 1.34. The first kappa shape index (κ1) is 26.7. The third-order valence-corrected chi connectivity index (χ3v) is 6.86. The molecule has 1 unspecified atom stereocenters. The van der Waals surface area contributed by atoms with Crippen LogP contribution >= 0.6 is 11.3 Å². The van der Waals surface area contributed by atoms with Crippen LogP contribution in [0.2, 0.25) is 0 Å². The number of ketones is 1. The monoisotopic (exact) mass is 501 g/mol. The van der Waals surface area contributed by atoms with Crippen molar-refractivity contribution < 1.29 is 24.2 Å². The fourth-order valence-electron chi connectivity index (χ4n) is 4.04. The lowest BCUT2D eigenvalue weighted by Crippen LogP contribution is -2.36. The van der Waals surface area contributed by atoms with E-state index in [-0.39, 0.29) is 11.4 Å². The van der Waals surface area contributed by atoms with Crippen LogP contribution in [0.1, 0.15) is 58.7 Å². The number of likely N-dealkylation sites (N-methyl/N-ethyl adjacent to an activating group) is 1. The van der Waals surface area contributed by atoms with Crippen molar-refractivity contribution in [2.24, 2.45) is 0 Å². The number of nitrogens with zero attached hydrogens (tertiary/aromatic N) is 3. The summed E-state index contributed by atoms with van der Waals surface area (Å²) in [5.74, 6) is -0.282. The Morgan fingerprint density at radius 1 is 1.20 bits per heavy atom. The summed E-state index contributed by atoms with van der Waals surface area (Å²) in [7, 11) is 3.82. The molecule has 0 saturated carbocycles. The molecule has 190 valence electrons. The minimum absolute atomic E-state index is 0.0719. The molecule has 2 heterocycles. The predicted molar refractivity (Wildman–Crippen MR) is 137 cm³/mol. The Morgan fingerprint density at radius 3 is 2.54 bits per heavy atom. The van der Waals surface area contributed by atoms with Gasteiger partial charge in [0.05, 0.1) is 40.4 Å². The average Bonchev–Trinajstić information content (AvgIpc) is 3.28. The van der Waals surface area contributed by atoms with Gasteiger partial charge in [-0.3, -0.25) is 9.59 Å². The van der Waals surface area contributed by atoms with Gasteiger partial charge in [0.15, 0.2) is 17.3 Å². The number of thiazole rings is 1. The summed E-state index contributed by atoms with van der Waals surface area (Å²) in [4.78, 5) is 35.1. The van der Waals surface area contributed by atoms with Crippen molar-refractivity contribution in [3.05, 3.63) is 50.7 Å². The Kier molecular flexibility index (Phi) is 8.91. The number of rotatable bonds is 12. The fraction of sp³-hybridized carbons (Fsp3) is 0.500. The van der Waals surface area contributed by atoms with Crippen molar-refractivity contribution in [2.75, 3.05) is 40.4 Å². The zero-order chi connectivity index (χ0) is 25.7. The first-order chi connectivity index (χ1) is 16.7. The maximum absolute atomic E-state index is 13.7. The van der Waals surface area contributed by atoms with Crippen molar-refractivity contribution in [1.82, 2.24) is 14.8 Å². The van der Waals surface area contributed by atoms with Crippen molar-refractivity contribution in [1.29, 1.82) is 0 Å². The molecule has 0 aliphatic carbocycles. The van der Waals surface area contributed by atoms with E-state index in [9.17, 15) is 14.7 Å². The summed E-state index contributed by atoms with van der Waals surface area (Å²) in [6, 6.07) is 4.70. The lowest BCUT2D eigenvalue weighted by Gasteiger charge is -2.28. The molecule has 8 nitrogen and oxygen atoms in total. The van der Waals surface area contributed by atoms with E-state index in [0.717, 1.165) is 17.8 Å². The van der Waals surface area contributed by atoms with Gasteiger partial charge in [0.25, 0.3) is 5.91 Å². The first-order valence-corrected chi connectivity index (χ1v) is 12.8. The van der Waals surface area contributed by atoms with Gasteiger partial charge >= 0.3 is 0 Å². The molecular weight excluding hydrogens is 466 g/mol. The number of ether oxygens (including phenoxy) is 2.